The molecule has 6 rings (SSSR count). The third-order valence-corrected chi connectivity index (χ3v) is 9.48. The van der Waals surface area contributed by atoms with Crippen LogP contribution in [0.5, 0.6) is 0 Å². The van der Waals surface area contributed by atoms with Gasteiger partial charge in [0.25, 0.3) is 10.0 Å². The van der Waals surface area contributed by atoms with E-state index in [4.69, 9.17) is 8.94 Å². The van der Waals surface area contributed by atoms with Crippen LogP contribution in [0, 0.1) is 13.8 Å². The van der Waals surface area contributed by atoms with Gasteiger partial charge in [0.2, 0.25) is 0 Å². The first-order valence-electron chi connectivity index (χ1n) is 13.9. The van der Waals surface area contributed by atoms with Gasteiger partial charge in [-0.2, -0.15) is 0 Å². The van der Waals surface area contributed by atoms with Gasteiger partial charge in [0.15, 0.2) is 11.4 Å². The van der Waals surface area contributed by atoms with E-state index in [0.29, 0.717) is 22.1 Å². The minimum Gasteiger partial charge on any atom is -0.455 e. The lowest BCUT2D eigenvalue weighted by Crippen LogP contribution is -2.32. The molecule has 5 aromatic carbocycles. The summed E-state index contributed by atoms with van der Waals surface area (Å²) in [5.41, 5.74) is 3.32. The van der Waals surface area contributed by atoms with Gasteiger partial charge in [-0.3, -0.25) is 13.8 Å². The van der Waals surface area contributed by atoms with Crippen LogP contribution in [0.15, 0.2) is 137 Å². The minimum absolute atomic E-state index is 0.0239. The number of aryl methyl sites for hydroxylation is 2. The summed E-state index contributed by atoms with van der Waals surface area (Å²) in [6, 6.07) is 37.8. The first-order valence-corrected chi connectivity index (χ1v) is 16.7. The van der Waals surface area contributed by atoms with E-state index < -0.39 is 23.9 Å². The number of nitrogens with one attached hydrogen (secondary N) is 1. The third kappa shape index (κ3) is 5.49. The Morgan fingerprint density at radius 2 is 1.41 bits per heavy atom. The fraction of sp³-hybridized carbons (Fsp3) is 0.0857. The van der Waals surface area contributed by atoms with Gasteiger partial charge in [-0.15, -0.1) is 0 Å². The molecule has 0 aliphatic heterocycles. The maximum Gasteiger partial charge on any atom is 0.318 e. The second-order valence-electron chi connectivity index (χ2n) is 10.5. The van der Waals surface area contributed by atoms with Gasteiger partial charge in [0.1, 0.15) is 11.3 Å². The average Bonchev–Trinajstić information content (AvgIpc) is 3.39. The normalized spacial score (nSPS) is 13.8. The Kier molecular flexibility index (Phi) is 8.01. The van der Waals surface area contributed by atoms with Crippen molar-refractivity contribution >= 4 is 34.9 Å². The lowest BCUT2D eigenvalue weighted by molar-refractivity contribution is 0.123. The summed E-state index contributed by atoms with van der Waals surface area (Å²) in [5.74, 6) is 0.0239. The quantitative estimate of drug-likeness (QED) is 0.157. The molecule has 0 saturated heterocycles. The van der Waals surface area contributed by atoms with Crippen LogP contribution in [0.2, 0.25) is 0 Å². The highest BCUT2D eigenvalue weighted by Gasteiger charge is 2.46. The Morgan fingerprint density at radius 3 is 2.09 bits per heavy atom. The molecule has 0 spiro atoms. The Morgan fingerprint density at radius 1 is 0.773 bits per heavy atom. The van der Waals surface area contributed by atoms with Crippen molar-refractivity contribution in [3.05, 3.63) is 155 Å². The molecular formula is C35H30NO6PS. The predicted molar refractivity (Wildman–Crippen MR) is 173 cm³/mol. The molecule has 44 heavy (non-hydrogen) atoms. The first kappa shape index (κ1) is 29.6. The molecule has 6 aromatic rings. The van der Waals surface area contributed by atoms with Gasteiger partial charge >= 0.3 is 8.25 Å². The highest BCUT2D eigenvalue weighted by molar-refractivity contribution is 7.92. The van der Waals surface area contributed by atoms with Gasteiger partial charge in [0.05, 0.1) is 4.90 Å². The topological polar surface area (TPSA) is 106 Å². The number of furan rings is 1. The zero-order valence-electron chi connectivity index (χ0n) is 24.0. The Balaban J connectivity index is 1.68. The van der Waals surface area contributed by atoms with Crippen LogP contribution in [0.3, 0.4) is 0 Å². The fourth-order valence-electron chi connectivity index (χ4n) is 5.47. The van der Waals surface area contributed by atoms with Crippen LogP contribution >= 0.6 is 8.25 Å². The summed E-state index contributed by atoms with van der Waals surface area (Å²) >= 11 is 0. The second-order valence-corrected chi connectivity index (χ2v) is 13.0. The molecule has 222 valence electrons. The van der Waals surface area contributed by atoms with Crippen molar-refractivity contribution in [2.45, 2.75) is 24.3 Å². The fourth-order valence-corrected chi connectivity index (χ4v) is 7.15. The molecule has 0 fully saturated rings. The van der Waals surface area contributed by atoms with Crippen LogP contribution in [-0.4, -0.2) is 13.3 Å². The molecule has 0 amide bonds. The molecule has 1 heterocycles. The van der Waals surface area contributed by atoms with Gasteiger partial charge < -0.3 is 9.31 Å². The van der Waals surface area contributed by atoms with Crippen LogP contribution in [0.25, 0.3) is 22.1 Å². The highest BCUT2D eigenvalue weighted by Crippen LogP contribution is 2.52. The van der Waals surface area contributed by atoms with Crippen molar-refractivity contribution in [1.29, 1.82) is 0 Å². The Bertz CT molecular complexity index is 2080. The number of sulfonamides is 1. The standard InChI is InChI=1S/C35H30NO6PS/c1-24-17-21-29(22-18-24)44(39,40)36-33-30-15-9-10-16-32(30)41-34(33)35(42-43(37)38,27-13-7-4-8-14-27)28-20-19-25(2)31(23-28)26-11-5-3-6-12-26/h3-23,36,43H,1-2H3,(H,37,38). The number of para-hydroxylation sites is 1. The molecule has 0 bridgehead atoms. The first-order chi connectivity index (χ1) is 21.2. The van der Waals surface area contributed by atoms with E-state index in [9.17, 15) is 17.9 Å². The number of hydrogen-bond acceptors (Lipinski definition) is 5. The Labute approximate surface area is 256 Å². The highest BCUT2D eigenvalue weighted by atomic mass is 32.2. The van der Waals surface area contributed by atoms with Gasteiger partial charge in [-0.1, -0.05) is 103 Å². The van der Waals surface area contributed by atoms with Crippen LogP contribution < -0.4 is 4.72 Å². The van der Waals surface area contributed by atoms with E-state index in [1.807, 2.05) is 68.4 Å². The largest absolute Gasteiger partial charge is 0.455 e. The molecule has 0 aliphatic carbocycles. The van der Waals surface area contributed by atoms with E-state index in [1.54, 1.807) is 60.7 Å². The summed E-state index contributed by atoms with van der Waals surface area (Å²) in [4.78, 5) is 10.5. The number of anilines is 1. The van der Waals surface area contributed by atoms with Gasteiger partial charge in [0, 0.05) is 5.39 Å². The summed E-state index contributed by atoms with van der Waals surface area (Å²) < 4.78 is 55.8. The summed E-state index contributed by atoms with van der Waals surface area (Å²) in [6.45, 7) is 3.85. The molecule has 9 heteroatoms. The van der Waals surface area contributed by atoms with Gasteiger partial charge in [-0.05, 0) is 72.0 Å². The van der Waals surface area contributed by atoms with Crippen molar-refractivity contribution in [2.75, 3.05) is 4.72 Å². The summed E-state index contributed by atoms with van der Waals surface area (Å²) in [5, 5.41) is 0.468. The van der Waals surface area contributed by atoms with Gasteiger partial charge in [-0.25, -0.2) is 8.42 Å². The van der Waals surface area contributed by atoms with Crippen molar-refractivity contribution in [3.63, 3.8) is 0 Å². The molecule has 0 saturated carbocycles. The summed E-state index contributed by atoms with van der Waals surface area (Å²) in [7, 11) is -7.78. The molecular weight excluding hydrogens is 593 g/mol. The van der Waals surface area contributed by atoms with Crippen LogP contribution in [0.4, 0.5) is 5.69 Å². The smallest absolute Gasteiger partial charge is 0.318 e. The maximum atomic E-state index is 13.8. The van der Waals surface area contributed by atoms with Crippen molar-refractivity contribution in [2.24, 2.45) is 0 Å². The molecule has 2 N–H and O–H groups in total. The van der Waals surface area contributed by atoms with Crippen LogP contribution in [-0.2, 0) is 24.7 Å². The number of hydrogen-bond donors (Lipinski definition) is 2. The third-order valence-electron chi connectivity index (χ3n) is 7.63. The molecule has 2 atom stereocenters. The molecule has 0 aliphatic rings. The second kappa shape index (κ2) is 11.9. The molecule has 0 radical (unpaired) electrons. The molecule has 1 aromatic heterocycles. The van der Waals surface area contributed by atoms with Crippen LogP contribution in [0.1, 0.15) is 28.0 Å². The SMILES string of the molecule is Cc1ccc(S(=O)(=O)Nc2c(C(O[PH](=O)O)(c3ccccc3)c3ccc(C)c(-c4ccccc4)c3)oc3ccccc23)cc1. The van der Waals surface area contributed by atoms with E-state index in [0.717, 1.165) is 22.3 Å². The zero-order valence-corrected chi connectivity index (χ0v) is 25.8. The predicted octanol–water partition coefficient (Wildman–Crippen LogP) is 8.21. The van der Waals surface area contributed by atoms with E-state index >= 15 is 0 Å². The lowest BCUT2D eigenvalue weighted by Gasteiger charge is -2.33. The van der Waals surface area contributed by atoms with E-state index in [-0.39, 0.29) is 16.3 Å². The molecule has 2 unspecified atom stereocenters. The average molecular weight is 624 g/mol. The van der Waals surface area contributed by atoms with Crippen molar-refractivity contribution in [1.82, 2.24) is 0 Å². The number of fused-ring (bicyclic) bond motifs is 1. The lowest BCUT2D eigenvalue weighted by atomic mass is 9.81. The van der Waals surface area contributed by atoms with E-state index in [2.05, 4.69) is 4.72 Å². The minimum atomic E-state index is -4.12. The Hall–Kier alpha value is -4.46. The van der Waals surface area contributed by atoms with E-state index in [1.165, 1.54) is 12.1 Å². The zero-order chi connectivity index (χ0) is 30.9. The molecule has 7 nitrogen and oxygen atoms in total. The number of rotatable bonds is 9. The number of benzene rings is 5. The van der Waals surface area contributed by atoms with Crippen molar-refractivity contribution in [3.8, 4) is 11.1 Å². The summed E-state index contributed by atoms with van der Waals surface area (Å²) in [6.07, 6.45) is 0. The van der Waals surface area contributed by atoms with Crippen molar-refractivity contribution < 1.29 is 26.8 Å². The maximum absolute atomic E-state index is 13.8. The monoisotopic (exact) mass is 623 g/mol.